The maximum absolute atomic E-state index is 12.0. The molecule has 2 N–H and O–H groups in total. The predicted molar refractivity (Wildman–Crippen MR) is 73.2 cm³/mol. The standard InChI is InChI=1S/C15H14N2O/c1-9-7-11(10(2)16-9)8-13-12-5-3-4-6-14(12)17-15(13)18/h3-8,16H,1-2H3,(H,17,18)/b13-8+. The van der Waals surface area contributed by atoms with Crippen molar-refractivity contribution in [2.45, 2.75) is 13.8 Å². The highest BCUT2D eigenvalue weighted by Gasteiger charge is 2.23. The van der Waals surface area contributed by atoms with Crippen LogP contribution in [-0.2, 0) is 4.79 Å². The van der Waals surface area contributed by atoms with Gasteiger partial charge in [-0.2, -0.15) is 0 Å². The van der Waals surface area contributed by atoms with Crippen molar-refractivity contribution in [3.63, 3.8) is 0 Å². The maximum atomic E-state index is 12.0. The maximum Gasteiger partial charge on any atom is 0.256 e. The minimum Gasteiger partial charge on any atom is -0.362 e. The minimum absolute atomic E-state index is 0.0329. The summed E-state index contributed by atoms with van der Waals surface area (Å²) in [4.78, 5) is 15.2. The molecule has 0 saturated heterocycles. The van der Waals surface area contributed by atoms with Gasteiger partial charge in [0.05, 0.1) is 0 Å². The van der Waals surface area contributed by atoms with Crippen LogP contribution in [0.1, 0.15) is 22.5 Å². The highest BCUT2D eigenvalue weighted by Crippen LogP contribution is 2.33. The summed E-state index contributed by atoms with van der Waals surface area (Å²) in [6.07, 6.45) is 1.94. The molecule has 3 rings (SSSR count). The summed E-state index contributed by atoms with van der Waals surface area (Å²) in [5.41, 5.74) is 5.84. The van der Waals surface area contributed by atoms with Crippen molar-refractivity contribution >= 4 is 23.2 Å². The van der Waals surface area contributed by atoms with Crippen molar-refractivity contribution in [1.29, 1.82) is 0 Å². The van der Waals surface area contributed by atoms with Gasteiger partial charge in [-0.15, -0.1) is 0 Å². The molecule has 2 aromatic rings. The number of hydrogen-bond acceptors (Lipinski definition) is 1. The van der Waals surface area contributed by atoms with Gasteiger partial charge in [-0.05, 0) is 37.6 Å². The molecule has 0 unspecified atom stereocenters. The van der Waals surface area contributed by atoms with E-state index in [0.717, 1.165) is 33.8 Å². The molecule has 0 spiro atoms. The number of amides is 1. The van der Waals surface area contributed by atoms with E-state index < -0.39 is 0 Å². The first-order valence-corrected chi connectivity index (χ1v) is 5.94. The third-order valence-electron chi connectivity index (χ3n) is 3.20. The van der Waals surface area contributed by atoms with Crippen LogP contribution in [0.25, 0.3) is 11.6 Å². The Morgan fingerprint density at radius 3 is 2.67 bits per heavy atom. The fraction of sp³-hybridized carbons (Fsp3) is 0.133. The minimum atomic E-state index is -0.0329. The van der Waals surface area contributed by atoms with Crippen LogP contribution in [0.3, 0.4) is 0 Å². The van der Waals surface area contributed by atoms with Gasteiger partial charge in [-0.3, -0.25) is 4.79 Å². The van der Waals surface area contributed by atoms with Crippen molar-refractivity contribution in [3.8, 4) is 0 Å². The third-order valence-corrected chi connectivity index (χ3v) is 3.20. The zero-order valence-corrected chi connectivity index (χ0v) is 10.4. The van der Waals surface area contributed by atoms with Crippen molar-refractivity contribution in [3.05, 3.63) is 52.8 Å². The summed E-state index contributed by atoms with van der Waals surface area (Å²) >= 11 is 0. The fourth-order valence-electron chi connectivity index (χ4n) is 2.33. The zero-order chi connectivity index (χ0) is 12.7. The van der Waals surface area contributed by atoms with Crippen LogP contribution >= 0.6 is 0 Å². The number of benzene rings is 1. The molecule has 3 nitrogen and oxygen atoms in total. The molecule has 0 bridgehead atoms. The number of aromatic amines is 1. The van der Waals surface area contributed by atoms with Gasteiger partial charge in [-0.25, -0.2) is 0 Å². The summed E-state index contributed by atoms with van der Waals surface area (Å²) in [5.74, 6) is -0.0329. The van der Waals surface area contributed by atoms with E-state index in [9.17, 15) is 4.79 Å². The molecule has 1 aliphatic heterocycles. The van der Waals surface area contributed by atoms with Gasteiger partial charge < -0.3 is 10.3 Å². The zero-order valence-electron chi connectivity index (χ0n) is 10.4. The largest absolute Gasteiger partial charge is 0.362 e. The van der Waals surface area contributed by atoms with E-state index in [-0.39, 0.29) is 5.91 Å². The molecule has 0 aliphatic carbocycles. The Bertz CT molecular complexity index is 665. The molecule has 1 aliphatic rings. The number of anilines is 1. The fourth-order valence-corrected chi connectivity index (χ4v) is 2.33. The number of carbonyl (C=O) groups is 1. The van der Waals surface area contributed by atoms with Gasteiger partial charge in [0, 0.05) is 28.2 Å². The molecule has 1 aromatic heterocycles. The highest BCUT2D eigenvalue weighted by molar-refractivity contribution is 6.34. The van der Waals surface area contributed by atoms with Crippen molar-refractivity contribution in [2.75, 3.05) is 5.32 Å². The molecule has 1 aromatic carbocycles. The van der Waals surface area contributed by atoms with Crippen LogP contribution in [-0.4, -0.2) is 10.9 Å². The Labute approximate surface area is 106 Å². The molecule has 3 heteroatoms. The van der Waals surface area contributed by atoms with Crippen molar-refractivity contribution in [2.24, 2.45) is 0 Å². The second kappa shape index (κ2) is 3.88. The average Bonchev–Trinajstić information content (AvgIpc) is 2.81. The van der Waals surface area contributed by atoms with E-state index in [0.29, 0.717) is 0 Å². The van der Waals surface area contributed by atoms with Gasteiger partial charge in [0.15, 0.2) is 0 Å². The van der Waals surface area contributed by atoms with E-state index in [1.165, 1.54) is 0 Å². The van der Waals surface area contributed by atoms with Gasteiger partial charge in [0.1, 0.15) is 0 Å². The molecular formula is C15H14N2O. The normalized spacial score (nSPS) is 15.9. The summed E-state index contributed by atoms with van der Waals surface area (Å²) < 4.78 is 0. The van der Waals surface area contributed by atoms with E-state index in [1.807, 2.05) is 44.2 Å². The molecule has 0 fully saturated rings. The van der Waals surface area contributed by atoms with Crippen molar-refractivity contribution in [1.82, 2.24) is 4.98 Å². The number of rotatable bonds is 1. The predicted octanol–water partition coefficient (Wildman–Crippen LogP) is 3.12. The molecule has 18 heavy (non-hydrogen) atoms. The topological polar surface area (TPSA) is 44.9 Å². The highest BCUT2D eigenvalue weighted by atomic mass is 16.2. The summed E-state index contributed by atoms with van der Waals surface area (Å²) in [6, 6.07) is 9.81. The van der Waals surface area contributed by atoms with Crippen LogP contribution in [0.5, 0.6) is 0 Å². The smallest absolute Gasteiger partial charge is 0.256 e. The lowest BCUT2D eigenvalue weighted by molar-refractivity contribution is -0.110. The summed E-state index contributed by atoms with van der Waals surface area (Å²) in [7, 11) is 0. The van der Waals surface area contributed by atoms with Gasteiger partial charge in [0.2, 0.25) is 0 Å². The van der Waals surface area contributed by atoms with Gasteiger partial charge in [0.25, 0.3) is 5.91 Å². The lowest BCUT2D eigenvalue weighted by Gasteiger charge is -1.97. The number of carbonyl (C=O) groups excluding carboxylic acids is 1. The van der Waals surface area contributed by atoms with E-state index in [1.54, 1.807) is 0 Å². The van der Waals surface area contributed by atoms with Crippen LogP contribution < -0.4 is 5.32 Å². The van der Waals surface area contributed by atoms with Crippen LogP contribution in [0.15, 0.2) is 30.3 Å². The molecular weight excluding hydrogens is 224 g/mol. The molecule has 0 saturated carbocycles. The van der Waals surface area contributed by atoms with Crippen molar-refractivity contribution < 1.29 is 4.79 Å². The SMILES string of the molecule is Cc1cc(/C=C2/C(=O)Nc3ccccc32)c(C)[nH]1. The lowest BCUT2D eigenvalue weighted by Crippen LogP contribution is -2.03. The molecule has 0 atom stereocenters. The molecule has 2 heterocycles. The van der Waals surface area contributed by atoms with Crippen LogP contribution in [0.2, 0.25) is 0 Å². The summed E-state index contributed by atoms with van der Waals surface area (Å²) in [5, 5.41) is 2.88. The number of fused-ring (bicyclic) bond motifs is 1. The first-order chi connectivity index (χ1) is 8.65. The van der Waals surface area contributed by atoms with Crippen LogP contribution in [0, 0.1) is 13.8 Å². The number of aryl methyl sites for hydroxylation is 2. The number of hydrogen-bond donors (Lipinski definition) is 2. The molecule has 0 radical (unpaired) electrons. The monoisotopic (exact) mass is 238 g/mol. The van der Waals surface area contributed by atoms with E-state index >= 15 is 0 Å². The second-order valence-electron chi connectivity index (χ2n) is 4.59. The van der Waals surface area contributed by atoms with Gasteiger partial charge in [-0.1, -0.05) is 18.2 Å². The first kappa shape index (κ1) is 10.8. The Balaban J connectivity index is 2.12. The third kappa shape index (κ3) is 1.64. The first-order valence-electron chi connectivity index (χ1n) is 5.94. The number of aromatic nitrogens is 1. The number of H-pyrrole nitrogens is 1. The Hall–Kier alpha value is -2.29. The van der Waals surface area contributed by atoms with E-state index in [2.05, 4.69) is 16.4 Å². The Kier molecular flexibility index (Phi) is 2.33. The van der Waals surface area contributed by atoms with Crippen LogP contribution in [0.4, 0.5) is 5.69 Å². The van der Waals surface area contributed by atoms with Gasteiger partial charge >= 0.3 is 0 Å². The lowest BCUT2D eigenvalue weighted by atomic mass is 10.0. The summed E-state index contributed by atoms with van der Waals surface area (Å²) in [6.45, 7) is 4.02. The molecule has 1 amide bonds. The Morgan fingerprint density at radius 1 is 1.17 bits per heavy atom. The second-order valence-corrected chi connectivity index (χ2v) is 4.59. The van der Waals surface area contributed by atoms with E-state index in [4.69, 9.17) is 0 Å². The number of para-hydroxylation sites is 1. The number of nitrogens with one attached hydrogen (secondary N) is 2. The molecule has 90 valence electrons. The quantitative estimate of drug-likeness (QED) is 0.737. The Morgan fingerprint density at radius 2 is 1.94 bits per heavy atom. The average molecular weight is 238 g/mol.